The molecular formula is C34H46N4O2. The minimum atomic E-state index is -0.0680. The highest BCUT2D eigenvalue weighted by atomic mass is 16.2. The largest absolute Gasteiger partial charge is 0.337 e. The van der Waals surface area contributed by atoms with Gasteiger partial charge in [0, 0.05) is 43.4 Å². The SMILES string of the molecule is CC/C=C(\N=C(C)C1CCN(C(=O)Nc2ccccc2-c2ccc(CC)cc2)CC1)C(=O)N(C)C1CCCCC1. The standard InChI is InChI=1S/C34H46N4O2/c1-5-12-32(33(39)37(4)29-13-8-7-9-14-29)35-25(3)27-21-23-38(24-22-27)34(40)36-31-16-11-10-15-30(31)28-19-17-26(6-2)18-20-28/h10-12,15-20,27,29H,5-9,13-14,21-24H2,1-4H3,(H,36,40)/b32-12-,35-25?. The molecule has 2 aliphatic rings. The fourth-order valence-corrected chi connectivity index (χ4v) is 5.93. The molecule has 214 valence electrons. The monoisotopic (exact) mass is 542 g/mol. The molecule has 2 aromatic carbocycles. The van der Waals surface area contributed by atoms with Crippen molar-refractivity contribution in [3.8, 4) is 11.1 Å². The number of carbonyl (C=O) groups is 2. The zero-order chi connectivity index (χ0) is 28.5. The van der Waals surface area contributed by atoms with Gasteiger partial charge in [0.2, 0.25) is 0 Å². The molecule has 1 aliphatic carbocycles. The van der Waals surface area contributed by atoms with Crippen molar-refractivity contribution in [1.82, 2.24) is 9.80 Å². The number of carbonyl (C=O) groups excluding carboxylic acids is 2. The van der Waals surface area contributed by atoms with Crippen molar-refractivity contribution < 1.29 is 9.59 Å². The maximum Gasteiger partial charge on any atom is 0.321 e. The fourth-order valence-electron chi connectivity index (χ4n) is 5.93. The van der Waals surface area contributed by atoms with Gasteiger partial charge in [0.25, 0.3) is 5.91 Å². The smallest absolute Gasteiger partial charge is 0.321 e. The number of benzene rings is 2. The van der Waals surface area contributed by atoms with Gasteiger partial charge in [-0.2, -0.15) is 0 Å². The van der Waals surface area contributed by atoms with E-state index in [0.29, 0.717) is 24.8 Å². The third-order valence-electron chi connectivity index (χ3n) is 8.57. The minimum Gasteiger partial charge on any atom is -0.337 e. The van der Waals surface area contributed by atoms with Crippen LogP contribution in [-0.4, -0.2) is 53.6 Å². The van der Waals surface area contributed by atoms with Crippen LogP contribution in [0, 0.1) is 5.92 Å². The second-order valence-electron chi connectivity index (χ2n) is 11.2. The molecule has 0 atom stereocenters. The maximum atomic E-state index is 13.3. The number of hydrogen-bond donors (Lipinski definition) is 1. The predicted molar refractivity (Wildman–Crippen MR) is 166 cm³/mol. The zero-order valence-corrected chi connectivity index (χ0v) is 24.8. The number of anilines is 1. The summed E-state index contributed by atoms with van der Waals surface area (Å²) in [4.78, 5) is 35.2. The Morgan fingerprint density at radius 2 is 1.65 bits per heavy atom. The Morgan fingerprint density at radius 1 is 0.975 bits per heavy atom. The number of likely N-dealkylation sites (tertiary alicyclic amines) is 1. The first kappa shape index (κ1) is 29.6. The summed E-state index contributed by atoms with van der Waals surface area (Å²) in [5.74, 6) is 0.300. The number of aryl methyl sites for hydroxylation is 1. The third-order valence-corrected chi connectivity index (χ3v) is 8.57. The van der Waals surface area contributed by atoms with Crippen molar-refractivity contribution in [3.63, 3.8) is 0 Å². The van der Waals surface area contributed by atoms with E-state index in [9.17, 15) is 9.59 Å². The van der Waals surface area contributed by atoms with Crippen LogP contribution in [0.1, 0.15) is 77.7 Å². The number of nitrogens with one attached hydrogen (secondary N) is 1. The van der Waals surface area contributed by atoms with Crippen LogP contribution < -0.4 is 5.32 Å². The lowest BCUT2D eigenvalue weighted by molar-refractivity contribution is -0.128. The van der Waals surface area contributed by atoms with Crippen molar-refractivity contribution >= 4 is 23.3 Å². The molecule has 40 heavy (non-hydrogen) atoms. The van der Waals surface area contributed by atoms with Crippen LogP contribution in [0.15, 0.2) is 65.3 Å². The van der Waals surface area contributed by atoms with Gasteiger partial charge in [-0.3, -0.25) is 9.79 Å². The van der Waals surface area contributed by atoms with Gasteiger partial charge in [0.1, 0.15) is 5.70 Å². The molecule has 2 fully saturated rings. The number of para-hydroxylation sites is 1. The first-order chi connectivity index (χ1) is 19.4. The van der Waals surface area contributed by atoms with Gasteiger partial charge in [-0.25, -0.2) is 4.79 Å². The van der Waals surface area contributed by atoms with Crippen LogP contribution in [0.3, 0.4) is 0 Å². The van der Waals surface area contributed by atoms with Crippen molar-refractivity contribution in [1.29, 1.82) is 0 Å². The Morgan fingerprint density at radius 3 is 2.30 bits per heavy atom. The highest BCUT2D eigenvalue weighted by Crippen LogP contribution is 2.29. The second kappa shape index (κ2) is 14.3. The van der Waals surface area contributed by atoms with Crippen LogP contribution in [0.25, 0.3) is 11.1 Å². The molecule has 1 saturated heterocycles. The minimum absolute atomic E-state index is 0.0351. The van der Waals surface area contributed by atoms with Gasteiger partial charge >= 0.3 is 6.03 Å². The van der Waals surface area contributed by atoms with Crippen molar-refractivity contribution in [2.24, 2.45) is 10.9 Å². The molecule has 1 saturated carbocycles. The Balaban J connectivity index is 1.36. The lowest BCUT2D eigenvalue weighted by atomic mass is 9.92. The van der Waals surface area contributed by atoms with Crippen LogP contribution >= 0.6 is 0 Å². The van der Waals surface area contributed by atoms with E-state index in [2.05, 4.69) is 42.6 Å². The molecule has 2 aromatic rings. The summed E-state index contributed by atoms with van der Waals surface area (Å²) >= 11 is 0. The number of rotatable bonds is 8. The van der Waals surface area contributed by atoms with E-state index in [4.69, 9.17) is 4.99 Å². The van der Waals surface area contributed by atoms with Crippen molar-refractivity contribution in [2.45, 2.75) is 84.6 Å². The lowest BCUT2D eigenvalue weighted by Crippen LogP contribution is -2.42. The van der Waals surface area contributed by atoms with E-state index in [0.717, 1.165) is 61.1 Å². The second-order valence-corrected chi connectivity index (χ2v) is 11.2. The number of allylic oxidation sites excluding steroid dienone is 1. The Labute approximate surface area is 240 Å². The molecule has 1 heterocycles. The summed E-state index contributed by atoms with van der Waals surface area (Å²) in [5.41, 5.74) is 5.80. The molecule has 1 aliphatic heterocycles. The molecule has 6 heteroatoms. The van der Waals surface area contributed by atoms with E-state index in [1.807, 2.05) is 55.0 Å². The van der Waals surface area contributed by atoms with E-state index in [1.54, 1.807) is 0 Å². The number of likely N-dealkylation sites (N-methyl/N-ethyl adjacent to an activating group) is 1. The molecule has 0 spiro atoms. The van der Waals surface area contributed by atoms with E-state index < -0.39 is 0 Å². The summed E-state index contributed by atoms with van der Waals surface area (Å²) in [6.45, 7) is 7.57. The molecule has 6 nitrogen and oxygen atoms in total. The summed E-state index contributed by atoms with van der Waals surface area (Å²) in [5, 5.41) is 3.16. The van der Waals surface area contributed by atoms with Crippen LogP contribution in [0.4, 0.5) is 10.5 Å². The molecule has 0 radical (unpaired) electrons. The quantitative estimate of drug-likeness (QED) is 0.274. The molecule has 0 aromatic heterocycles. The average Bonchev–Trinajstić information content (AvgIpc) is 3.01. The van der Waals surface area contributed by atoms with Gasteiger partial charge in [0.15, 0.2) is 0 Å². The van der Waals surface area contributed by atoms with Crippen molar-refractivity contribution in [2.75, 3.05) is 25.5 Å². The highest BCUT2D eigenvalue weighted by molar-refractivity contribution is 5.98. The Hall–Kier alpha value is -3.41. The van der Waals surface area contributed by atoms with E-state index in [-0.39, 0.29) is 17.9 Å². The Bertz CT molecular complexity index is 1200. The normalized spacial score (nSPS) is 17.6. The number of aliphatic imine (C=N–C) groups is 1. The lowest BCUT2D eigenvalue weighted by Gasteiger charge is -2.33. The van der Waals surface area contributed by atoms with Crippen LogP contribution in [0.5, 0.6) is 0 Å². The molecule has 3 amide bonds. The maximum absolute atomic E-state index is 13.3. The zero-order valence-electron chi connectivity index (χ0n) is 24.8. The summed E-state index contributed by atoms with van der Waals surface area (Å²) in [7, 11) is 1.93. The fraction of sp³-hybridized carbons (Fsp3) is 0.500. The van der Waals surface area contributed by atoms with E-state index >= 15 is 0 Å². The van der Waals surface area contributed by atoms with Gasteiger partial charge in [0.05, 0.1) is 5.69 Å². The van der Waals surface area contributed by atoms with Gasteiger partial charge in [-0.1, -0.05) is 81.7 Å². The number of piperidine rings is 1. The van der Waals surface area contributed by atoms with Crippen LogP contribution in [0.2, 0.25) is 0 Å². The summed E-state index contributed by atoms with van der Waals surface area (Å²) < 4.78 is 0. The van der Waals surface area contributed by atoms with Crippen molar-refractivity contribution in [3.05, 3.63) is 65.9 Å². The number of amides is 3. The topological polar surface area (TPSA) is 65.0 Å². The van der Waals surface area contributed by atoms with Gasteiger partial charge in [-0.15, -0.1) is 0 Å². The van der Waals surface area contributed by atoms with Gasteiger partial charge < -0.3 is 15.1 Å². The first-order valence-electron chi connectivity index (χ1n) is 15.2. The molecule has 0 bridgehead atoms. The molecule has 1 N–H and O–H groups in total. The average molecular weight is 543 g/mol. The highest BCUT2D eigenvalue weighted by Gasteiger charge is 2.27. The molecule has 0 unspecified atom stereocenters. The Kier molecular flexibility index (Phi) is 10.6. The van der Waals surface area contributed by atoms with Crippen LogP contribution in [-0.2, 0) is 11.2 Å². The first-order valence-corrected chi connectivity index (χ1v) is 15.2. The number of urea groups is 1. The molecular weight excluding hydrogens is 496 g/mol. The molecule has 4 rings (SSSR count). The number of hydrogen-bond acceptors (Lipinski definition) is 3. The third kappa shape index (κ3) is 7.41. The van der Waals surface area contributed by atoms with E-state index in [1.165, 1.54) is 24.8 Å². The predicted octanol–water partition coefficient (Wildman–Crippen LogP) is 7.71. The summed E-state index contributed by atoms with van der Waals surface area (Å²) in [6, 6.07) is 16.8. The summed E-state index contributed by atoms with van der Waals surface area (Å²) in [6.07, 6.45) is 11.2. The van der Waals surface area contributed by atoms with Gasteiger partial charge in [-0.05, 0) is 62.6 Å². The number of nitrogens with zero attached hydrogens (tertiary/aromatic N) is 3.